The number of nitrogens with one attached hydrogen (secondary N) is 2. The third-order valence-electron chi connectivity index (χ3n) is 6.23. The first-order valence-electron chi connectivity index (χ1n) is 10.0. The Kier molecular flexibility index (Phi) is 5.71. The highest BCUT2D eigenvalue weighted by Crippen LogP contribution is 2.42. The lowest BCUT2D eigenvalue weighted by molar-refractivity contribution is -0.119. The zero-order valence-corrected chi connectivity index (χ0v) is 16.1. The van der Waals surface area contributed by atoms with E-state index < -0.39 is 0 Å². The van der Waals surface area contributed by atoms with E-state index in [1.807, 2.05) is 0 Å². The lowest BCUT2D eigenvalue weighted by Gasteiger charge is -2.34. The summed E-state index contributed by atoms with van der Waals surface area (Å²) in [5.74, 6) is 0.841. The second-order valence-corrected chi connectivity index (χ2v) is 8.95. The summed E-state index contributed by atoms with van der Waals surface area (Å²) < 4.78 is 0. The minimum Gasteiger partial charge on any atom is -0.382 e. The van der Waals surface area contributed by atoms with Crippen molar-refractivity contribution in [3.8, 4) is 0 Å². The molecule has 1 aromatic rings. The fourth-order valence-corrected chi connectivity index (χ4v) is 4.49. The van der Waals surface area contributed by atoms with Gasteiger partial charge in [-0.15, -0.1) is 0 Å². The molecule has 3 rings (SSSR count). The maximum absolute atomic E-state index is 11.2. The van der Waals surface area contributed by atoms with Crippen LogP contribution in [0.5, 0.6) is 0 Å². The molecule has 3 heteroatoms. The molecule has 2 aliphatic rings. The number of rotatable bonds is 4. The van der Waals surface area contributed by atoms with Gasteiger partial charge in [0.05, 0.1) is 0 Å². The van der Waals surface area contributed by atoms with Gasteiger partial charge < -0.3 is 10.6 Å². The molecule has 0 atom stereocenters. The van der Waals surface area contributed by atoms with Gasteiger partial charge in [0.2, 0.25) is 5.91 Å². The minimum atomic E-state index is 0.0955. The molecule has 2 aliphatic carbocycles. The highest BCUT2D eigenvalue weighted by Gasteiger charge is 2.27. The maximum atomic E-state index is 11.2. The van der Waals surface area contributed by atoms with Gasteiger partial charge in [-0.1, -0.05) is 26.0 Å². The zero-order valence-electron chi connectivity index (χ0n) is 16.1. The molecule has 3 nitrogen and oxygen atoms in total. The Balaban J connectivity index is 1.48. The molecule has 25 heavy (non-hydrogen) atoms. The maximum Gasteiger partial charge on any atom is 0.217 e. The highest BCUT2D eigenvalue weighted by atomic mass is 16.1. The third-order valence-corrected chi connectivity index (χ3v) is 6.23. The molecule has 2 saturated carbocycles. The summed E-state index contributed by atoms with van der Waals surface area (Å²) in [6.45, 7) is 6.41. The van der Waals surface area contributed by atoms with Gasteiger partial charge >= 0.3 is 0 Å². The van der Waals surface area contributed by atoms with Crippen LogP contribution in [0, 0.1) is 5.41 Å². The largest absolute Gasteiger partial charge is 0.382 e. The van der Waals surface area contributed by atoms with Gasteiger partial charge in [-0.05, 0) is 80.4 Å². The highest BCUT2D eigenvalue weighted by molar-refractivity contribution is 5.73. The Labute approximate surface area is 153 Å². The van der Waals surface area contributed by atoms with E-state index in [0.29, 0.717) is 17.5 Å². The molecule has 0 unspecified atom stereocenters. The predicted octanol–water partition coefficient (Wildman–Crippen LogP) is 5.23. The van der Waals surface area contributed by atoms with Crippen LogP contribution in [0.2, 0.25) is 0 Å². The van der Waals surface area contributed by atoms with Crippen molar-refractivity contribution in [2.75, 3.05) is 5.32 Å². The Morgan fingerprint density at radius 1 is 0.920 bits per heavy atom. The van der Waals surface area contributed by atoms with E-state index in [2.05, 4.69) is 48.7 Å². The quantitative estimate of drug-likeness (QED) is 0.786. The van der Waals surface area contributed by atoms with E-state index in [1.54, 1.807) is 6.92 Å². The molecule has 2 N–H and O–H groups in total. The van der Waals surface area contributed by atoms with Crippen LogP contribution in [0.4, 0.5) is 5.69 Å². The first-order valence-corrected chi connectivity index (χ1v) is 10.0. The molecule has 138 valence electrons. The summed E-state index contributed by atoms with van der Waals surface area (Å²) >= 11 is 0. The number of hydrogen-bond donors (Lipinski definition) is 2. The SMILES string of the molecule is CC(=O)NC1CCC(Nc2ccc(C3CCC(C)(C)CC3)cc2)CC1. The summed E-state index contributed by atoms with van der Waals surface area (Å²) in [5.41, 5.74) is 3.28. The molecule has 0 heterocycles. The van der Waals surface area contributed by atoms with Gasteiger partial charge in [-0.3, -0.25) is 4.79 Å². The standard InChI is InChI=1S/C22H34N2O/c1-16(25)23-19-8-10-21(11-9-19)24-20-6-4-17(5-7-20)18-12-14-22(2,3)15-13-18/h4-7,18-19,21,24H,8-15H2,1-3H3,(H,23,25). The van der Waals surface area contributed by atoms with Crippen molar-refractivity contribution in [3.63, 3.8) is 0 Å². The molecule has 0 spiro atoms. The van der Waals surface area contributed by atoms with Gasteiger partial charge in [0, 0.05) is 24.7 Å². The Hall–Kier alpha value is -1.51. The number of carbonyl (C=O) groups is 1. The van der Waals surface area contributed by atoms with E-state index in [-0.39, 0.29) is 5.91 Å². The summed E-state index contributed by atoms with van der Waals surface area (Å²) in [6.07, 6.45) is 9.75. The van der Waals surface area contributed by atoms with E-state index >= 15 is 0 Å². The molecule has 1 amide bonds. The summed E-state index contributed by atoms with van der Waals surface area (Å²) in [5, 5.41) is 6.73. The predicted molar refractivity (Wildman–Crippen MR) is 105 cm³/mol. The topological polar surface area (TPSA) is 41.1 Å². The van der Waals surface area contributed by atoms with Crippen LogP contribution in [0.1, 0.15) is 83.6 Å². The van der Waals surface area contributed by atoms with Gasteiger partial charge in [-0.2, -0.15) is 0 Å². The van der Waals surface area contributed by atoms with Gasteiger partial charge in [-0.25, -0.2) is 0 Å². The minimum absolute atomic E-state index is 0.0955. The van der Waals surface area contributed by atoms with Gasteiger partial charge in [0.1, 0.15) is 0 Å². The van der Waals surface area contributed by atoms with Crippen molar-refractivity contribution in [2.45, 2.75) is 90.1 Å². The second-order valence-electron chi connectivity index (χ2n) is 8.95. The van der Waals surface area contributed by atoms with Crippen LogP contribution in [0.15, 0.2) is 24.3 Å². The molecule has 0 bridgehead atoms. The fraction of sp³-hybridized carbons (Fsp3) is 0.682. The van der Waals surface area contributed by atoms with E-state index in [9.17, 15) is 4.79 Å². The van der Waals surface area contributed by atoms with Crippen molar-refractivity contribution in [1.29, 1.82) is 0 Å². The number of amides is 1. The molecule has 1 aromatic carbocycles. The van der Waals surface area contributed by atoms with Crippen LogP contribution in [0.25, 0.3) is 0 Å². The number of carbonyl (C=O) groups excluding carboxylic acids is 1. The average molecular weight is 343 g/mol. The number of benzene rings is 1. The lowest BCUT2D eigenvalue weighted by Crippen LogP contribution is -2.39. The first kappa shape index (κ1) is 18.3. The molecule has 0 radical (unpaired) electrons. The smallest absolute Gasteiger partial charge is 0.217 e. The van der Waals surface area contributed by atoms with Crippen molar-refractivity contribution >= 4 is 11.6 Å². The van der Waals surface area contributed by atoms with E-state index in [0.717, 1.165) is 31.6 Å². The Morgan fingerprint density at radius 2 is 1.48 bits per heavy atom. The fourth-order valence-electron chi connectivity index (χ4n) is 4.49. The summed E-state index contributed by atoms with van der Waals surface area (Å²) in [7, 11) is 0. The molecule has 0 aliphatic heterocycles. The monoisotopic (exact) mass is 342 g/mol. The molecular formula is C22H34N2O. The Bertz CT molecular complexity index is 560. The number of hydrogen-bond acceptors (Lipinski definition) is 2. The van der Waals surface area contributed by atoms with E-state index in [1.165, 1.54) is 36.9 Å². The summed E-state index contributed by atoms with van der Waals surface area (Å²) in [6, 6.07) is 10.1. The van der Waals surface area contributed by atoms with Gasteiger partial charge in [0.15, 0.2) is 0 Å². The van der Waals surface area contributed by atoms with Crippen LogP contribution < -0.4 is 10.6 Å². The lowest BCUT2D eigenvalue weighted by atomic mass is 9.71. The first-order chi connectivity index (χ1) is 11.9. The molecular weight excluding hydrogens is 308 g/mol. The van der Waals surface area contributed by atoms with Crippen LogP contribution in [0.3, 0.4) is 0 Å². The number of anilines is 1. The van der Waals surface area contributed by atoms with E-state index in [4.69, 9.17) is 0 Å². The Morgan fingerprint density at radius 3 is 2.04 bits per heavy atom. The molecule has 0 aromatic heterocycles. The van der Waals surface area contributed by atoms with Gasteiger partial charge in [0.25, 0.3) is 0 Å². The second kappa shape index (κ2) is 7.80. The van der Waals surface area contributed by atoms with Crippen LogP contribution in [-0.4, -0.2) is 18.0 Å². The zero-order chi connectivity index (χ0) is 17.9. The van der Waals surface area contributed by atoms with Crippen molar-refractivity contribution in [2.24, 2.45) is 5.41 Å². The van der Waals surface area contributed by atoms with Crippen molar-refractivity contribution < 1.29 is 4.79 Å². The summed E-state index contributed by atoms with van der Waals surface area (Å²) in [4.78, 5) is 11.2. The van der Waals surface area contributed by atoms with Crippen molar-refractivity contribution in [1.82, 2.24) is 5.32 Å². The van der Waals surface area contributed by atoms with Crippen LogP contribution >= 0.6 is 0 Å². The van der Waals surface area contributed by atoms with Crippen molar-refractivity contribution in [3.05, 3.63) is 29.8 Å². The normalized spacial score (nSPS) is 26.8. The average Bonchev–Trinajstić information content (AvgIpc) is 2.57. The molecule has 0 saturated heterocycles. The molecule has 2 fully saturated rings. The third kappa shape index (κ3) is 5.23. The van der Waals surface area contributed by atoms with Crippen LogP contribution in [-0.2, 0) is 4.79 Å².